The Kier molecular flexibility index (Phi) is 9.92. The second kappa shape index (κ2) is 11.6. The zero-order chi connectivity index (χ0) is 15.3. The SMILES string of the molecule is CCCCC(CC)COc1ccc(CNCCOC)cc1. The number of methoxy groups -OCH3 is 1. The minimum Gasteiger partial charge on any atom is -0.493 e. The van der Waals surface area contributed by atoms with Crippen molar-refractivity contribution in [3.63, 3.8) is 0 Å². The van der Waals surface area contributed by atoms with E-state index in [1.807, 2.05) is 0 Å². The average Bonchev–Trinajstić information content (AvgIpc) is 2.53. The van der Waals surface area contributed by atoms with E-state index in [0.717, 1.165) is 32.1 Å². The topological polar surface area (TPSA) is 30.5 Å². The van der Waals surface area contributed by atoms with Crippen LogP contribution in [0.2, 0.25) is 0 Å². The average molecular weight is 293 g/mol. The third-order valence-electron chi connectivity index (χ3n) is 3.76. The van der Waals surface area contributed by atoms with Crippen molar-refractivity contribution in [3.05, 3.63) is 29.8 Å². The number of rotatable bonds is 12. The van der Waals surface area contributed by atoms with Crippen LogP contribution in [0.4, 0.5) is 0 Å². The van der Waals surface area contributed by atoms with Gasteiger partial charge in [-0.1, -0.05) is 45.2 Å². The highest BCUT2D eigenvalue weighted by atomic mass is 16.5. The summed E-state index contributed by atoms with van der Waals surface area (Å²) in [4.78, 5) is 0. The fourth-order valence-corrected chi connectivity index (χ4v) is 2.22. The second-order valence-corrected chi connectivity index (χ2v) is 5.54. The Bertz CT molecular complexity index is 351. The summed E-state index contributed by atoms with van der Waals surface area (Å²) in [7, 11) is 1.72. The van der Waals surface area contributed by atoms with Crippen LogP contribution in [0, 0.1) is 5.92 Å². The molecule has 1 atom stereocenters. The molecule has 3 nitrogen and oxygen atoms in total. The standard InChI is InChI=1S/C18H31NO2/c1-4-6-7-16(5-2)15-21-18-10-8-17(9-11-18)14-19-12-13-20-3/h8-11,16,19H,4-7,12-15H2,1-3H3. The Hall–Kier alpha value is -1.06. The van der Waals surface area contributed by atoms with Crippen LogP contribution in [0.5, 0.6) is 5.75 Å². The van der Waals surface area contributed by atoms with Crippen LogP contribution < -0.4 is 10.1 Å². The highest BCUT2D eigenvalue weighted by molar-refractivity contribution is 5.27. The van der Waals surface area contributed by atoms with Gasteiger partial charge in [-0.15, -0.1) is 0 Å². The number of nitrogens with one attached hydrogen (secondary N) is 1. The maximum atomic E-state index is 5.91. The molecule has 0 aliphatic heterocycles. The molecule has 1 unspecified atom stereocenters. The third-order valence-corrected chi connectivity index (χ3v) is 3.76. The van der Waals surface area contributed by atoms with Crippen LogP contribution >= 0.6 is 0 Å². The lowest BCUT2D eigenvalue weighted by molar-refractivity contribution is 0.199. The monoisotopic (exact) mass is 293 g/mol. The van der Waals surface area contributed by atoms with E-state index in [2.05, 4.69) is 43.4 Å². The highest BCUT2D eigenvalue weighted by Gasteiger charge is 2.06. The molecule has 0 radical (unpaired) electrons. The predicted molar refractivity (Wildman–Crippen MR) is 88.8 cm³/mol. The number of ether oxygens (including phenoxy) is 2. The minimum absolute atomic E-state index is 0.681. The summed E-state index contributed by atoms with van der Waals surface area (Å²) in [6.45, 7) is 7.83. The van der Waals surface area contributed by atoms with Crippen LogP contribution in [-0.2, 0) is 11.3 Å². The van der Waals surface area contributed by atoms with E-state index < -0.39 is 0 Å². The van der Waals surface area contributed by atoms with Crippen molar-refractivity contribution in [3.8, 4) is 5.75 Å². The molecule has 0 bridgehead atoms. The van der Waals surface area contributed by atoms with Crippen molar-refractivity contribution in [1.82, 2.24) is 5.32 Å². The van der Waals surface area contributed by atoms with Crippen LogP contribution in [0.1, 0.15) is 45.1 Å². The molecule has 3 heteroatoms. The summed E-state index contributed by atoms with van der Waals surface area (Å²) in [6.07, 6.45) is 5.03. The molecule has 120 valence electrons. The summed E-state index contributed by atoms with van der Waals surface area (Å²) < 4.78 is 10.9. The van der Waals surface area contributed by atoms with E-state index in [0.29, 0.717) is 5.92 Å². The fourth-order valence-electron chi connectivity index (χ4n) is 2.22. The van der Waals surface area contributed by atoms with Gasteiger partial charge in [-0.25, -0.2) is 0 Å². The minimum atomic E-state index is 0.681. The molecule has 0 aliphatic rings. The maximum absolute atomic E-state index is 5.91. The molecule has 0 aliphatic carbocycles. The van der Waals surface area contributed by atoms with Gasteiger partial charge < -0.3 is 14.8 Å². The molecule has 0 saturated heterocycles. The lowest BCUT2D eigenvalue weighted by Crippen LogP contribution is -2.18. The molecule has 0 fully saturated rings. The lowest BCUT2D eigenvalue weighted by Gasteiger charge is -2.15. The fraction of sp³-hybridized carbons (Fsp3) is 0.667. The Labute approximate surface area is 130 Å². The lowest BCUT2D eigenvalue weighted by atomic mass is 10.0. The van der Waals surface area contributed by atoms with E-state index in [1.165, 1.54) is 31.2 Å². The first-order chi connectivity index (χ1) is 10.3. The number of hydrogen-bond donors (Lipinski definition) is 1. The summed E-state index contributed by atoms with van der Waals surface area (Å²) in [5.41, 5.74) is 1.27. The van der Waals surface area contributed by atoms with Gasteiger partial charge in [-0.3, -0.25) is 0 Å². The molecular formula is C18H31NO2. The Morgan fingerprint density at radius 1 is 1.14 bits per heavy atom. The van der Waals surface area contributed by atoms with Gasteiger partial charge in [-0.05, 0) is 30.0 Å². The molecule has 0 spiro atoms. The quantitative estimate of drug-likeness (QED) is 0.590. The molecule has 21 heavy (non-hydrogen) atoms. The molecule has 0 aromatic heterocycles. The van der Waals surface area contributed by atoms with Crippen molar-refractivity contribution >= 4 is 0 Å². The van der Waals surface area contributed by atoms with Crippen molar-refractivity contribution in [2.24, 2.45) is 5.92 Å². The summed E-state index contributed by atoms with van der Waals surface area (Å²) in [5, 5.41) is 3.34. The van der Waals surface area contributed by atoms with Crippen molar-refractivity contribution in [1.29, 1.82) is 0 Å². The molecule has 0 saturated carbocycles. The van der Waals surface area contributed by atoms with Crippen molar-refractivity contribution < 1.29 is 9.47 Å². The van der Waals surface area contributed by atoms with Gasteiger partial charge in [-0.2, -0.15) is 0 Å². The van der Waals surface area contributed by atoms with Crippen molar-refractivity contribution in [2.45, 2.75) is 46.1 Å². The number of unbranched alkanes of at least 4 members (excludes halogenated alkanes) is 1. The molecular weight excluding hydrogens is 262 g/mol. The van der Waals surface area contributed by atoms with E-state index in [9.17, 15) is 0 Å². The zero-order valence-electron chi connectivity index (χ0n) is 13.9. The van der Waals surface area contributed by atoms with Gasteiger partial charge in [0.05, 0.1) is 13.2 Å². The molecule has 1 aromatic rings. The molecule has 0 heterocycles. The van der Waals surface area contributed by atoms with Crippen LogP contribution in [-0.4, -0.2) is 26.9 Å². The number of benzene rings is 1. The Morgan fingerprint density at radius 3 is 2.52 bits per heavy atom. The molecule has 0 amide bonds. The van der Waals surface area contributed by atoms with Gasteiger partial charge in [0.2, 0.25) is 0 Å². The first kappa shape index (κ1) is 18.0. The summed E-state index contributed by atoms with van der Waals surface area (Å²) in [6, 6.07) is 8.39. The van der Waals surface area contributed by atoms with E-state index >= 15 is 0 Å². The van der Waals surface area contributed by atoms with E-state index in [1.54, 1.807) is 7.11 Å². The van der Waals surface area contributed by atoms with Crippen LogP contribution in [0.15, 0.2) is 24.3 Å². The smallest absolute Gasteiger partial charge is 0.119 e. The highest BCUT2D eigenvalue weighted by Crippen LogP contribution is 2.17. The van der Waals surface area contributed by atoms with E-state index in [-0.39, 0.29) is 0 Å². The van der Waals surface area contributed by atoms with E-state index in [4.69, 9.17) is 9.47 Å². The van der Waals surface area contributed by atoms with Crippen LogP contribution in [0.25, 0.3) is 0 Å². The Balaban J connectivity index is 2.29. The predicted octanol–water partition coefficient (Wildman–Crippen LogP) is 4.02. The van der Waals surface area contributed by atoms with Gasteiger partial charge >= 0.3 is 0 Å². The number of hydrogen-bond acceptors (Lipinski definition) is 3. The summed E-state index contributed by atoms with van der Waals surface area (Å²) >= 11 is 0. The van der Waals surface area contributed by atoms with Gasteiger partial charge in [0.25, 0.3) is 0 Å². The zero-order valence-corrected chi connectivity index (χ0v) is 13.9. The largest absolute Gasteiger partial charge is 0.493 e. The van der Waals surface area contributed by atoms with Gasteiger partial charge in [0.15, 0.2) is 0 Å². The molecule has 1 rings (SSSR count). The Morgan fingerprint density at radius 2 is 1.90 bits per heavy atom. The van der Waals surface area contributed by atoms with Crippen molar-refractivity contribution in [2.75, 3.05) is 26.9 Å². The van der Waals surface area contributed by atoms with Gasteiger partial charge in [0, 0.05) is 20.2 Å². The summed E-state index contributed by atoms with van der Waals surface area (Å²) in [5.74, 6) is 1.66. The maximum Gasteiger partial charge on any atom is 0.119 e. The molecule has 1 N–H and O–H groups in total. The normalized spacial score (nSPS) is 12.3. The first-order valence-corrected chi connectivity index (χ1v) is 8.21. The van der Waals surface area contributed by atoms with Crippen LogP contribution in [0.3, 0.4) is 0 Å². The second-order valence-electron chi connectivity index (χ2n) is 5.54. The third kappa shape index (κ3) is 8.08. The first-order valence-electron chi connectivity index (χ1n) is 8.21. The molecule has 1 aromatic carbocycles. The van der Waals surface area contributed by atoms with Gasteiger partial charge in [0.1, 0.15) is 5.75 Å².